The van der Waals surface area contributed by atoms with E-state index < -0.39 is 0 Å². The van der Waals surface area contributed by atoms with Crippen molar-refractivity contribution >= 4 is 17.8 Å². The number of hydrogen-bond acceptors (Lipinski definition) is 5. The molecule has 0 spiro atoms. The molecule has 0 radical (unpaired) electrons. The van der Waals surface area contributed by atoms with E-state index in [1.807, 2.05) is 35.2 Å². The number of nitrogens with one attached hydrogen (secondary N) is 1. The monoisotopic (exact) mass is 375 g/mol. The summed E-state index contributed by atoms with van der Waals surface area (Å²) in [6.07, 6.45) is 0.989. The lowest BCUT2D eigenvalue weighted by Gasteiger charge is -2.39. The van der Waals surface area contributed by atoms with E-state index in [9.17, 15) is 14.4 Å². The first kappa shape index (κ1) is 20.9. The van der Waals surface area contributed by atoms with Crippen LogP contribution in [0.3, 0.4) is 0 Å². The summed E-state index contributed by atoms with van der Waals surface area (Å²) in [5, 5.41) is 2.81. The van der Waals surface area contributed by atoms with E-state index in [0.717, 1.165) is 12.1 Å². The van der Waals surface area contributed by atoms with Gasteiger partial charge in [0.05, 0.1) is 20.0 Å². The molecule has 7 heteroatoms. The first-order valence-electron chi connectivity index (χ1n) is 9.39. The topological polar surface area (TPSA) is 79.0 Å². The lowest BCUT2D eigenvalue weighted by molar-refractivity contribution is -0.142. The largest absolute Gasteiger partial charge is 0.469 e. The Balaban J connectivity index is 1.66. The molecule has 148 valence electrons. The summed E-state index contributed by atoms with van der Waals surface area (Å²) in [5.41, 5.74) is 0.957. The smallest absolute Gasteiger partial charge is 0.306 e. The number of hydrogen-bond donors (Lipinski definition) is 1. The number of carbonyl (C=O) groups is 3. The normalized spacial score (nSPS) is 17.4. The van der Waals surface area contributed by atoms with Crippen LogP contribution < -0.4 is 5.32 Å². The molecule has 1 aromatic rings. The molecule has 0 aromatic heterocycles. The van der Waals surface area contributed by atoms with Crippen LogP contribution in [-0.4, -0.2) is 73.5 Å². The van der Waals surface area contributed by atoms with Crippen molar-refractivity contribution in [3.05, 3.63) is 35.9 Å². The third-order valence-corrected chi connectivity index (χ3v) is 4.82. The summed E-state index contributed by atoms with van der Waals surface area (Å²) in [7, 11) is 1.39. The number of methoxy groups -OCH3 is 1. The summed E-state index contributed by atoms with van der Waals surface area (Å²) in [4.78, 5) is 39.6. The minimum Gasteiger partial charge on any atom is -0.469 e. The molecule has 7 nitrogen and oxygen atoms in total. The molecule has 1 atom stereocenters. The molecular weight excluding hydrogens is 346 g/mol. The van der Waals surface area contributed by atoms with Gasteiger partial charge in [0.25, 0.3) is 0 Å². The molecule has 1 aromatic carbocycles. The summed E-state index contributed by atoms with van der Waals surface area (Å²) in [6.45, 7) is 5.07. The van der Waals surface area contributed by atoms with Crippen molar-refractivity contribution in [1.82, 2.24) is 15.1 Å². The molecule has 1 fully saturated rings. The second-order valence-electron chi connectivity index (χ2n) is 6.81. The van der Waals surface area contributed by atoms with Crippen molar-refractivity contribution < 1.29 is 19.1 Å². The van der Waals surface area contributed by atoms with E-state index in [1.165, 1.54) is 7.11 Å². The van der Waals surface area contributed by atoms with Crippen LogP contribution >= 0.6 is 0 Å². The SMILES string of the molecule is COC(=O)CCN1CCN(C(=O)CCNC(=O)Cc2ccccc2)C[C@H]1C. The Morgan fingerprint density at radius 3 is 2.56 bits per heavy atom. The molecule has 1 aliphatic rings. The zero-order chi connectivity index (χ0) is 19.6. The fourth-order valence-corrected chi connectivity index (χ4v) is 3.20. The predicted octanol–water partition coefficient (Wildman–Crippen LogP) is 0.831. The van der Waals surface area contributed by atoms with Gasteiger partial charge in [0.1, 0.15) is 0 Å². The van der Waals surface area contributed by atoms with Crippen LogP contribution in [0.15, 0.2) is 30.3 Å². The summed E-state index contributed by atoms with van der Waals surface area (Å²) < 4.78 is 4.67. The van der Waals surface area contributed by atoms with E-state index in [0.29, 0.717) is 45.4 Å². The number of nitrogens with zero attached hydrogens (tertiary/aromatic N) is 2. The van der Waals surface area contributed by atoms with Gasteiger partial charge in [0, 0.05) is 45.2 Å². The maximum absolute atomic E-state index is 12.4. The first-order valence-corrected chi connectivity index (χ1v) is 9.39. The highest BCUT2D eigenvalue weighted by Gasteiger charge is 2.26. The molecule has 1 saturated heterocycles. The van der Waals surface area contributed by atoms with E-state index >= 15 is 0 Å². The first-order chi connectivity index (χ1) is 13.0. The molecule has 1 N–H and O–H groups in total. The number of carbonyl (C=O) groups excluding carboxylic acids is 3. The average molecular weight is 375 g/mol. The molecule has 0 unspecified atom stereocenters. The van der Waals surface area contributed by atoms with E-state index in [4.69, 9.17) is 0 Å². The number of amides is 2. The van der Waals surface area contributed by atoms with Gasteiger partial charge < -0.3 is 15.0 Å². The minimum atomic E-state index is -0.216. The Labute approximate surface area is 160 Å². The lowest BCUT2D eigenvalue weighted by atomic mass is 10.1. The van der Waals surface area contributed by atoms with Crippen molar-refractivity contribution in [1.29, 1.82) is 0 Å². The molecule has 2 amide bonds. The lowest BCUT2D eigenvalue weighted by Crippen LogP contribution is -2.54. The van der Waals surface area contributed by atoms with Crippen LogP contribution in [0, 0.1) is 0 Å². The van der Waals surface area contributed by atoms with Crippen LogP contribution in [0.2, 0.25) is 0 Å². The van der Waals surface area contributed by atoms with Crippen molar-refractivity contribution in [3.63, 3.8) is 0 Å². The van der Waals surface area contributed by atoms with Gasteiger partial charge in [-0.2, -0.15) is 0 Å². The molecule has 27 heavy (non-hydrogen) atoms. The number of benzene rings is 1. The maximum atomic E-state index is 12.4. The Morgan fingerprint density at radius 1 is 1.15 bits per heavy atom. The number of ether oxygens (including phenoxy) is 1. The fraction of sp³-hybridized carbons (Fsp3) is 0.550. The highest BCUT2D eigenvalue weighted by molar-refractivity contribution is 5.80. The standard InChI is InChI=1S/C20H29N3O4/c1-16-15-23(13-12-22(16)11-9-20(26)27-2)19(25)8-10-21-18(24)14-17-6-4-3-5-7-17/h3-7,16H,8-15H2,1-2H3,(H,21,24)/t16-/m1/s1. The second kappa shape index (κ2) is 10.7. The van der Waals surface area contributed by atoms with E-state index in [-0.39, 0.29) is 23.8 Å². The van der Waals surface area contributed by atoms with Crippen molar-refractivity contribution in [2.45, 2.75) is 32.2 Å². The highest BCUT2D eigenvalue weighted by atomic mass is 16.5. The van der Waals surface area contributed by atoms with Crippen molar-refractivity contribution in [2.75, 3.05) is 39.8 Å². The predicted molar refractivity (Wildman–Crippen MR) is 102 cm³/mol. The average Bonchev–Trinajstić information content (AvgIpc) is 2.67. The van der Waals surface area contributed by atoms with Crippen LogP contribution in [0.1, 0.15) is 25.3 Å². The third kappa shape index (κ3) is 7.02. The fourth-order valence-electron chi connectivity index (χ4n) is 3.20. The van der Waals surface area contributed by atoms with Gasteiger partial charge in [0.2, 0.25) is 11.8 Å². The van der Waals surface area contributed by atoms with E-state index in [1.54, 1.807) is 0 Å². The Hall–Kier alpha value is -2.41. The molecule has 1 heterocycles. The molecule has 0 saturated carbocycles. The molecular formula is C20H29N3O4. The van der Waals surface area contributed by atoms with Crippen LogP contribution in [-0.2, 0) is 25.5 Å². The van der Waals surface area contributed by atoms with Gasteiger partial charge in [-0.15, -0.1) is 0 Å². The van der Waals surface area contributed by atoms with Gasteiger partial charge in [0.15, 0.2) is 0 Å². The van der Waals surface area contributed by atoms with Crippen LogP contribution in [0.5, 0.6) is 0 Å². The Bertz CT molecular complexity index is 635. The quantitative estimate of drug-likeness (QED) is 0.681. The molecule has 0 aliphatic carbocycles. The minimum absolute atomic E-state index is 0.0504. The zero-order valence-corrected chi connectivity index (χ0v) is 16.1. The Morgan fingerprint density at radius 2 is 1.89 bits per heavy atom. The van der Waals surface area contributed by atoms with Gasteiger partial charge in [-0.05, 0) is 12.5 Å². The Kier molecular flexibility index (Phi) is 8.26. The third-order valence-electron chi connectivity index (χ3n) is 4.82. The summed E-state index contributed by atoms with van der Waals surface area (Å²) >= 11 is 0. The number of rotatable bonds is 8. The van der Waals surface area contributed by atoms with Crippen LogP contribution in [0.25, 0.3) is 0 Å². The van der Waals surface area contributed by atoms with Gasteiger partial charge in [-0.3, -0.25) is 19.3 Å². The highest BCUT2D eigenvalue weighted by Crippen LogP contribution is 2.11. The van der Waals surface area contributed by atoms with Crippen molar-refractivity contribution in [3.8, 4) is 0 Å². The van der Waals surface area contributed by atoms with E-state index in [2.05, 4.69) is 21.9 Å². The van der Waals surface area contributed by atoms with Gasteiger partial charge >= 0.3 is 5.97 Å². The van der Waals surface area contributed by atoms with Crippen LogP contribution in [0.4, 0.5) is 0 Å². The zero-order valence-electron chi connectivity index (χ0n) is 16.1. The van der Waals surface area contributed by atoms with Gasteiger partial charge in [-0.1, -0.05) is 30.3 Å². The summed E-state index contributed by atoms with van der Waals surface area (Å²) in [6, 6.07) is 9.73. The molecule has 2 rings (SSSR count). The molecule has 0 bridgehead atoms. The maximum Gasteiger partial charge on any atom is 0.306 e. The summed E-state index contributed by atoms with van der Waals surface area (Å²) in [5.74, 6) is -0.239. The second-order valence-corrected chi connectivity index (χ2v) is 6.81. The van der Waals surface area contributed by atoms with Gasteiger partial charge in [-0.25, -0.2) is 0 Å². The number of esters is 1. The molecule has 1 aliphatic heterocycles. The number of piperazine rings is 1. The van der Waals surface area contributed by atoms with Crippen molar-refractivity contribution in [2.24, 2.45) is 0 Å².